The van der Waals surface area contributed by atoms with Crippen LogP contribution in [-0.2, 0) is 4.74 Å². The fourth-order valence-corrected chi connectivity index (χ4v) is 4.13. The van der Waals surface area contributed by atoms with Gasteiger partial charge < -0.3 is 4.74 Å². The van der Waals surface area contributed by atoms with E-state index in [-0.39, 0.29) is 10.6 Å². The van der Waals surface area contributed by atoms with Gasteiger partial charge in [0, 0.05) is 17.5 Å². The Morgan fingerprint density at radius 1 is 1.38 bits per heavy atom. The van der Waals surface area contributed by atoms with Crippen molar-refractivity contribution in [3.05, 3.63) is 38.5 Å². The average Bonchev–Trinajstić information content (AvgIpc) is 3.11. The summed E-state index contributed by atoms with van der Waals surface area (Å²) in [6.07, 6.45) is 0. The molecule has 0 N–H and O–H groups in total. The van der Waals surface area contributed by atoms with Crippen molar-refractivity contribution in [2.24, 2.45) is 0 Å². The Morgan fingerprint density at radius 2 is 2.12 bits per heavy atom. The molecule has 24 heavy (non-hydrogen) atoms. The molecule has 3 heterocycles. The molecule has 0 aliphatic rings. The zero-order chi connectivity index (χ0) is 17.4. The quantitative estimate of drug-likeness (QED) is 0.394. The molecule has 0 saturated heterocycles. The summed E-state index contributed by atoms with van der Waals surface area (Å²) in [4.78, 5) is 30.9. The van der Waals surface area contributed by atoms with Gasteiger partial charge in [-0.25, -0.2) is 14.3 Å². The second-order valence-corrected chi connectivity index (χ2v) is 7.07. The van der Waals surface area contributed by atoms with Gasteiger partial charge in [0.15, 0.2) is 0 Å². The second-order valence-electron chi connectivity index (χ2n) is 4.78. The predicted octanol–water partition coefficient (Wildman–Crippen LogP) is 2.65. The van der Waals surface area contributed by atoms with Crippen molar-refractivity contribution in [2.45, 2.75) is 23.2 Å². The van der Waals surface area contributed by atoms with Crippen molar-refractivity contribution in [3.8, 4) is 0 Å². The minimum atomic E-state index is -0.619. The molecule has 0 amide bonds. The van der Waals surface area contributed by atoms with Gasteiger partial charge in [-0.15, -0.1) is 16.4 Å². The summed E-state index contributed by atoms with van der Waals surface area (Å²) < 4.78 is 6.48. The van der Waals surface area contributed by atoms with Crippen LogP contribution in [0, 0.1) is 24.0 Å². The maximum atomic E-state index is 11.6. The third kappa shape index (κ3) is 2.95. The first-order valence-electron chi connectivity index (χ1n) is 6.64. The van der Waals surface area contributed by atoms with Crippen LogP contribution in [0.25, 0.3) is 5.78 Å². The molecule has 0 aliphatic carbocycles. The third-order valence-electron chi connectivity index (χ3n) is 3.05. The van der Waals surface area contributed by atoms with E-state index in [0.717, 1.165) is 34.5 Å². The fraction of sp³-hybridized carbons (Fsp3) is 0.231. The molecule has 9 nitrogen and oxygen atoms in total. The first-order chi connectivity index (χ1) is 11.4. The lowest BCUT2D eigenvalue weighted by atomic mass is 10.4. The van der Waals surface area contributed by atoms with Crippen LogP contribution < -0.4 is 0 Å². The molecule has 11 heteroatoms. The number of nitrogens with zero attached hydrogens (tertiary/aromatic N) is 5. The maximum absolute atomic E-state index is 11.6. The van der Waals surface area contributed by atoms with Crippen molar-refractivity contribution in [1.82, 2.24) is 19.6 Å². The Bertz CT molecular complexity index is 965. The highest BCUT2D eigenvalue weighted by molar-refractivity contribution is 8.01. The molecule has 3 aromatic heterocycles. The highest BCUT2D eigenvalue weighted by atomic mass is 32.2. The largest absolute Gasteiger partial charge is 0.465 e. The lowest BCUT2D eigenvalue weighted by molar-refractivity contribution is -0.387. The van der Waals surface area contributed by atoms with E-state index < -0.39 is 10.9 Å². The minimum Gasteiger partial charge on any atom is -0.465 e. The Morgan fingerprint density at radius 3 is 2.79 bits per heavy atom. The number of nitro groups is 1. The molecule has 0 saturated carbocycles. The molecule has 3 aromatic rings. The molecule has 0 radical (unpaired) electrons. The van der Waals surface area contributed by atoms with Gasteiger partial charge in [-0.1, -0.05) is 0 Å². The Kier molecular flexibility index (Phi) is 4.20. The first-order valence-corrected chi connectivity index (χ1v) is 8.27. The summed E-state index contributed by atoms with van der Waals surface area (Å²) in [5.74, 6) is -0.201. The Hall–Kier alpha value is -2.53. The van der Waals surface area contributed by atoms with E-state index in [1.54, 1.807) is 4.52 Å². The molecule has 0 aromatic carbocycles. The first kappa shape index (κ1) is 16.3. The van der Waals surface area contributed by atoms with Crippen LogP contribution in [0.2, 0.25) is 0 Å². The molecule has 0 unspecified atom stereocenters. The summed E-state index contributed by atoms with van der Waals surface area (Å²) >= 11 is 1.99. The number of hydrogen-bond donors (Lipinski definition) is 0. The Balaban J connectivity index is 2.01. The molecule has 3 rings (SSSR count). The lowest BCUT2D eigenvalue weighted by Gasteiger charge is -1.97. The van der Waals surface area contributed by atoms with Crippen molar-refractivity contribution in [3.63, 3.8) is 0 Å². The zero-order valence-electron chi connectivity index (χ0n) is 12.8. The summed E-state index contributed by atoms with van der Waals surface area (Å²) in [5.41, 5.74) is 1.48. The van der Waals surface area contributed by atoms with Crippen LogP contribution in [-0.4, -0.2) is 37.6 Å². The highest BCUT2D eigenvalue weighted by Gasteiger charge is 2.25. The summed E-state index contributed by atoms with van der Waals surface area (Å²) in [6, 6.07) is 3.06. The predicted molar refractivity (Wildman–Crippen MR) is 86.7 cm³/mol. The van der Waals surface area contributed by atoms with Crippen molar-refractivity contribution in [1.29, 1.82) is 0 Å². The number of ether oxygens (including phenoxy) is 1. The van der Waals surface area contributed by atoms with Crippen molar-refractivity contribution < 1.29 is 14.5 Å². The van der Waals surface area contributed by atoms with Crippen LogP contribution >= 0.6 is 23.1 Å². The van der Waals surface area contributed by atoms with E-state index in [1.165, 1.54) is 13.2 Å². The maximum Gasteiger partial charge on any atom is 0.348 e. The van der Waals surface area contributed by atoms with E-state index in [4.69, 9.17) is 0 Å². The number of rotatable bonds is 4. The topological polar surface area (TPSA) is 113 Å². The SMILES string of the molecule is COC(=O)c1cc([N+](=O)[O-])c(Sc2nc3nc(C)cc(C)n3n2)s1. The molecule has 0 aliphatic heterocycles. The number of carbonyl (C=O) groups is 1. The number of esters is 1. The van der Waals surface area contributed by atoms with Gasteiger partial charge in [0.25, 0.3) is 11.5 Å². The molecule has 124 valence electrons. The molecular weight excluding hydrogens is 354 g/mol. The van der Waals surface area contributed by atoms with Gasteiger partial charge in [-0.05, 0) is 31.7 Å². The average molecular weight is 365 g/mol. The van der Waals surface area contributed by atoms with E-state index in [0.29, 0.717) is 15.1 Å². The van der Waals surface area contributed by atoms with E-state index in [9.17, 15) is 14.9 Å². The molecule has 0 fully saturated rings. The number of aromatic nitrogens is 4. The number of hydrogen-bond acceptors (Lipinski definition) is 9. The van der Waals surface area contributed by atoms with Crippen molar-refractivity contribution in [2.75, 3.05) is 7.11 Å². The Labute approximate surface area is 143 Å². The second kappa shape index (κ2) is 6.17. The van der Waals surface area contributed by atoms with Crippen LogP contribution in [0.3, 0.4) is 0 Å². The van der Waals surface area contributed by atoms with Crippen molar-refractivity contribution >= 4 is 40.5 Å². The summed E-state index contributed by atoms with van der Waals surface area (Å²) in [5, 5.41) is 15.8. The standard InChI is InChI=1S/C13H11N5O4S2/c1-6-4-7(2)17-12(14-6)15-13(16-17)24-11-8(18(20)21)5-9(23-11)10(19)22-3/h4-5H,1-3H3. The molecule has 0 atom stereocenters. The van der Waals surface area contributed by atoms with Gasteiger partial charge in [0.05, 0.1) is 12.0 Å². The van der Waals surface area contributed by atoms with E-state index in [2.05, 4.69) is 19.8 Å². The summed E-state index contributed by atoms with van der Waals surface area (Å²) in [7, 11) is 1.22. The highest BCUT2D eigenvalue weighted by Crippen LogP contribution is 2.40. The zero-order valence-corrected chi connectivity index (χ0v) is 14.5. The van der Waals surface area contributed by atoms with Gasteiger partial charge in [0.1, 0.15) is 9.09 Å². The van der Waals surface area contributed by atoms with E-state index >= 15 is 0 Å². The third-order valence-corrected chi connectivity index (χ3v) is 5.19. The van der Waals surface area contributed by atoms with Crippen LogP contribution in [0.4, 0.5) is 5.69 Å². The van der Waals surface area contributed by atoms with Gasteiger partial charge in [-0.3, -0.25) is 10.1 Å². The summed E-state index contributed by atoms with van der Waals surface area (Å²) in [6.45, 7) is 3.72. The van der Waals surface area contributed by atoms with Crippen LogP contribution in [0.1, 0.15) is 21.1 Å². The van der Waals surface area contributed by atoms with E-state index in [1.807, 2.05) is 19.9 Å². The fourth-order valence-electron chi connectivity index (χ4n) is 2.04. The lowest BCUT2D eigenvalue weighted by Crippen LogP contribution is -1.97. The smallest absolute Gasteiger partial charge is 0.348 e. The molecule has 0 bridgehead atoms. The van der Waals surface area contributed by atoms with Crippen LogP contribution in [0.5, 0.6) is 0 Å². The monoisotopic (exact) mass is 365 g/mol. The van der Waals surface area contributed by atoms with Crippen LogP contribution in [0.15, 0.2) is 21.5 Å². The van der Waals surface area contributed by atoms with Gasteiger partial charge in [-0.2, -0.15) is 4.98 Å². The molecular formula is C13H11N5O4S2. The van der Waals surface area contributed by atoms with Gasteiger partial charge in [0.2, 0.25) is 5.16 Å². The minimum absolute atomic E-state index is 0.153. The number of carbonyl (C=O) groups excluding carboxylic acids is 1. The normalized spacial score (nSPS) is 11.0. The van der Waals surface area contributed by atoms with Gasteiger partial charge >= 0.3 is 5.97 Å². The molecule has 0 spiro atoms. The number of aryl methyl sites for hydroxylation is 2. The number of thiophene rings is 1. The number of fused-ring (bicyclic) bond motifs is 1. The number of methoxy groups -OCH3 is 1.